The first kappa shape index (κ1) is 50.0. The monoisotopic (exact) mass is 964 g/mol. The second kappa shape index (κ2) is 22.9. The number of hydrogen-bond donors (Lipinski definition) is 0. The summed E-state index contributed by atoms with van der Waals surface area (Å²) < 4.78 is 49.3. The van der Waals surface area contributed by atoms with Gasteiger partial charge in [0.25, 0.3) is 0 Å². The van der Waals surface area contributed by atoms with Crippen molar-refractivity contribution < 1.29 is 56.5 Å². The van der Waals surface area contributed by atoms with E-state index in [0.29, 0.717) is 22.3 Å². The summed E-state index contributed by atoms with van der Waals surface area (Å²) in [6.45, 7) is 5.24. The van der Waals surface area contributed by atoms with Crippen molar-refractivity contribution in [3.8, 4) is 0 Å². The fraction of sp³-hybridized carbons (Fsp3) is 0.192. The highest BCUT2D eigenvalue weighted by molar-refractivity contribution is 6.36. The van der Waals surface area contributed by atoms with E-state index in [-0.39, 0.29) is 81.5 Å². The minimum Gasteiger partial charge on any atom is -0.462 e. The van der Waals surface area contributed by atoms with Gasteiger partial charge in [0, 0.05) is 22.3 Å². The van der Waals surface area contributed by atoms with Crippen molar-refractivity contribution in [3.05, 3.63) is 188 Å². The summed E-state index contributed by atoms with van der Waals surface area (Å²) in [5, 5.41) is 0.117. The number of amides is 2. The van der Waals surface area contributed by atoms with Crippen LogP contribution in [0.25, 0.3) is 0 Å². The molecule has 0 bridgehead atoms. The number of ether oxygens (including phenoxy) is 4. The third-order valence-electron chi connectivity index (χ3n) is 10.5. The van der Waals surface area contributed by atoms with Crippen molar-refractivity contribution in [2.45, 2.75) is 40.5 Å². The summed E-state index contributed by atoms with van der Waals surface area (Å²) in [7, 11) is 0. The number of rotatable bonds is 17. The molecule has 68 heavy (non-hydrogen) atoms. The predicted molar refractivity (Wildman–Crippen MR) is 253 cm³/mol. The van der Waals surface area contributed by atoms with Gasteiger partial charge in [-0.05, 0) is 123 Å². The highest BCUT2D eigenvalue weighted by atomic mass is 35.5. The Morgan fingerprint density at radius 3 is 1.16 bits per heavy atom. The number of esters is 2. The van der Waals surface area contributed by atoms with Gasteiger partial charge in [0.05, 0.1) is 45.6 Å². The molecule has 0 atom stereocenters. The van der Waals surface area contributed by atoms with Crippen LogP contribution in [0.2, 0.25) is 10.0 Å². The second-order valence-electron chi connectivity index (χ2n) is 15.3. The molecule has 0 aliphatic heterocycles. The maximum atomic E-state index is 14.1. The van der Waals surface area contributed by atoms with E-state index in [1.54, 1.807) is 64.1 Å². The third-order valence-corrected chi connectivity index (χ3v) is 11.2. The number of benzene rings is 6. The lowest BCUT2D eigenvalue weighted by molar-refractivity contribution is -0.151. The highest BCUT2D eigenvalue weighted by Crippen LogP contribution is 2.35. The zero-order valence-corrected chi connectivity index (χ0v) is 38.8. The zero-order chi connectivity index (χ0) is 49.1. The van der Waals surface area contributed by atoms with Crippen LogP contribution >= 0.6 is 23.2 Å². The SMILES string of the molecule is Cc1ccccc1C(=O)c1ccc(N(C(=O)OCCOC(=O)CCC(=O)OCCOC(=O)N(c2ccc(C(=O)c3ccccc3C)c(Cl)c2)c2ccc(F)cc2C)c2ccc(F)cc2C)cc1Cl. The van der Waals surface area contributed by atoms with Crippen LogP contribution in [0.3, 0.4) is 0 Å². The number of anilines is 4. The molecule has 0 saturated heterocycles. The Kier molecular flexibility index (Phi) is 16.8. The van der Waals surface area contributed by atoms with Crippen LogP contribution in [0.4, 0.5) is 41.1 Å². The minimum atomic E-state index is -0.919. The van der Waals surface area contributed by atoms with E-state index >= 15 is 0 Å². The molecule has 0 radical (unpaired) electrons. The molecule has 0 aliphatic rings. The number of nitrogens with zero attached hydrogens (tertiary/aromatic N) is 2. The molecule has 12 nitrogen and oxygen atoms in total. The Bertz CT molecular complexity index is 2710. The highest BCUT2D eigenvalue weighted by Gasteiger charge is 2.26. The molecule has 6 aromatic carbocycles. The van der Waals surface area contributed by atoms with Gasteiger partial charge in [0.1, 0.15) is 38.1 Å². The lowest BCUT2D eigenvalue weighted by Crippen LogP contribution is -2.29. The smallest absolute Gasteiger partial charge is 0.419 e. The molecule has 0 spiro atoms. The van der Waals surface area contributed by atoms with Crippen molar-refractivity contribution >= 4 is 81.6 Å². The number of aryl methyl sites for hydroxylation is 4. The number of carbonyl (C=O) groups excluding carboxylic acids is 6. The topological polar surface area (TPSA) is 146 Å². The van der Waals surface area contributed by atoms with Crippen LogP contribution < -0.4 is 9.80 Å². The second-order valence-corrected chi connectivity index (χ2v) is 16.1. The molecule has 0 saturated carbocycles. The molecule has 0 aliphatic carbocycles. The van der Waals surface area contributed by atoms with E-state index in [4.69, 9.17) is 42.1 Å². The lowest BCUT2D eigenvalue weighted by Gasteiger charge is -2.24. The number of hydrogen-bond acceptors (Lipinski definition) is 10. The fourth-order valence-corrected chi connectivity index (χ4v) is 7.59. The Balaban J connectivity index is 0.991. The standard InChI is InChI=1S/C52H44Cl2F2N2O10/c1-31-9-5-7-11-39(31)49(61)41-17-15-37(29-43(41)53)57(45-19-13-35(55)27-33(45)3)51(63)67-25-23-65-47(59)21-22-48(60)66-24-26-68-52(64)58(46-20-14-36(56)28-34(46)4)38-16-18-42(44(54)30-38)50(62)40-12-8-6-10-32(40)2/h5-20,27-30H,21-26H2,1-4H3. The molecule has 350 valence electrons. The summed E-state index contributed by atoms with van der Waals surface area (Å²) in [5.74, 6) is -3.29. The van der Waals surface area contributed by atoms with Gasteiger partial charge in [-0.25, -0.2) is 28.2 Å². The van der Waals surface area contributed by atoms with Crippen molar-refractivity contribution in [3.63, 3.8) is 0 Å². The third kappa shape index (κ3) is 12.3. The molecule has 16 heteroatoms. The Morgan fingerprint density at radius 2 is 0.809 bits per heavy atom. The Labute approximate surface area is 400 Å². The lowest BCUT2D eigenvalue weighted by atomic mass is 9.99. The minimum absolute atomic E-state index is 0.0585. The van der Waals surface area contributed by atoms with Crippen LogP contribution in [0.5, 0.6) is 0 Å². The predicted octanol–water partition coefficient (Wildman–Crippen LogP) is 12.1. The number of halogens is 4. The first-order valence-corrected chi connectivity index (χ1v) is 21.9. The Hall–Kier alpha value is -7.42. The summed E-state index contributed by atoms with van der Waals surface area (Å²) in [5.41, 5.74) is 4.56. The van der Waals surface area contributed by atoms with E-state index in [0.717, 1.165) is 20.9 Å². The van der Waals surface area contributed by atoms with Crippen molar-refractivity contribution in [2.24, 2.45) is 0 Å². The first-order chi connectivity index (χ1) is 32.5. The molecular formula is C52H44Cl2F2N2O10. The zero-order valence-electron chi connectivity index (χ0n) is 37.3. The van der Waals surface area contributed by atoms with Crippen molar-refractivity contribution in [1.82, 2.24) is 0 Å². The molecule has 6 aromatic rings. The molecule has 6 rings (SSSR count). The van der Waals surface area contributed by atoms with Crippen LogP contribution in [0.1, 0.15) is 66.9 Å². The summed E-state index contributed by atoms with van der Waals surface area (Å²) >= 11 is 13.2. The largest absolute Gasteiger partial charge is 0.462 e. The maximum Gasteiger partial charge on any atom is 0.419 e. The van der Waals surface area contributed by atoms with E-state index < -0.39 is 49.0 Å². The normalized spacial score (nSPS) is 10.8. The summed E-state index contributed by atoms with van der Waals surface area (Å²) in [6.07, 6.45) is -2.62. The average molecular weight is 966 g/mol. The fourth-order valence-electron chi connectivity index (χ4n) is 7.07. The summed E-state index contributed by atoms with van der Waals surface area (Å²) in [6, 6.07) is 30.4. The van der Waals surface area contributed by atoms with E-state index in [1.165, 1.54) is 72.8 Å². The molecule has 2 amide bonds. The van der Waals surface area contributed by atoms with Gasteiger partial charge < -0.3 is 18.9 Å². The first-order valence-electron chi connectivity index (χ1n) is 21.1. The number of ketones is 2. The van der Waals surface area contributed by atoms with Gasteiger partial charge in [-0.15, -0.1) is 0 Å². The van der Waals surface area contributed by atoms with Crippen LogP contribution in [0.15, 0.2) is 121 Å². The van der Waals surface area contributed by atoms with Crippen LogP contribution in [0, 0.1) is 39.3 Å². The maximum absolute atomic E-state index is 14.1. The molecular weight excluding hydrogens is 921 g/mol. The van der Waals surface area contributed by atoms with E-state index in [9.17, 15) is 37.5 Å². The van der Waals surface area contributed by atoms with Gasteiger partial charge in [-0.2, -0.15) is 0 Å². The van der Waals surface area contributed by atoms with E-state index in [1.807, 2.05) is 12.1 Å². The number of carbonyl (C=O) groups is 6. The van der Waals surface area contributed by atoms with E-state index in [2.05, 4.69) is 0 Å². The van der Waals surface area contributed by atoms with Gasteiger partial charge in [-0.3, -0.25) is 19.2 Å². The van der Waals surface area contributed by atoms with Gasteiger partial charge in [0.15, 0.2) is 11.6 Å². The molecule has 0 N–H and O–H groups in total. The van der Waals surface area contributed by atoms with Gasteiger partial charge in [-0.1, -0.05) is 71.7 Å². The Morgan fingerprint density at radius 1 is 0.441 bits per heavy atom. The molecule has 0 aromatic heterocycles. The quantitative estimate of drug-likeness (QED) is 0.0375. The van der Waals surface area contributed by atoms with Crippen molar-refractivity contribution in [2.75, 3.05) is 36.2 Å². The van der Waals surface area contributed by atoms with Gasteiger partial charge in [0.2, 0.25) is 0 Å². The van der Waals surface area contributed by atoms with Crippen LogP contribution in [-0.4, -0.2) is 62.1 Å². The van der Waals surface area contributed by atoms with Gasteiger partial charge >= 0.3 is 24.1 Å². The molecule has 0 heterocycles. The average Bonchev–Trinajstić information content (AvgIpc) is 3.30. The summed E-state index contributed by atoms with van der Waals surface area (Å²) in [4.78, 5) is 81.0. The molecule has 0 fully saturated rings. The van der Waals surface area contributed by atoms with Crippen molar-refractivity contribution in [1.29, 1.82) is 0 Å². The van der Waals surface area contributed by atoms with Crippen LogP contribution in [-0.2, 0) is 28.5 Å². The molecule has 0 unspecified atom stereocenters.